The van der Waals surface area contributed by atoms with Crippen molar-refractivity contribution in [2.24, 2.45) is 0 Å². The van der Waals surface area contributed by atoms with Crippen molar-refractivity contribution < 1.29 is 9.84 Å². The minimum atomic E-state index is -0.116. The number of aliphatic hydroxyl groups is 1. The number of nitrogens with one attached hydrogen (secondary N) is 1. The van der Waals surface area contributed by atoms with Crippen LogP contribution in [0.25, 0.3) is 0 Å². The smallest absolute Gasteiger partial charge is 0.0558 e. The molecule has 1 aliphatic rings. The Morgan fingerprint density at radius 3 is 2.83 bits per heavy atom. The average molecular weight is 173 g/mol. The van der Waals surface area contributed by atoms with E-state index in [0.717, 1.165) is 32.3 Å². The summed E-state index contributed by atoms with van der Waals surface area (Å²) in [5.74, 6) is 0. The zero-order chi connectivity index (χ0) is 9.03. The second-order valence-corrected chi connectivity index (χ2v) is 3.67. The lowest BCUT2D eigenvalue weighted by Gasteiger charge is -2.28. The summed E-state index contributed by atoms with van der Waals surface area (Å²) in [7, 11) is 3.68. The molecule has 3 heteroatoms. The lowest BCUT2D eigenvalue weighted by Crippen LogP contribution is -2.41. The van der Waals surface area contributed by atoms with Crippen LogP contribution in [-0.2, 0) is 4.74 Å². The quantitative estimate of drug-likeness (QED) is 0.651. The molecule has 0 aromatic carbocycles. The van der Waals surface area contributed by atoms with E-state index in [1.807, 2.05) is 7.05 Å². The highest BCUT2D eigenvalue weighted by atomic mass is 16.5. The average Bonchev–Trinajstić information content (AvgIpc) is 2.45. The summed E-state index contributed by atoms with van der Waals surface area (Å²) in [6.07, 6.45) is 3.73. The lowest BCUT2D eigenvalue weighted by molar-refractivity contribution is 0.138. The Balaban J connectivity index is 2.41. The molecule has 0 saturated heterocycles. The molecule has 0 heterocycles. The van der Waals surface area contributed by atoms with Gasteiger partial charge in [-0.3, -0.25) is 0 Å². The number of methoxy groups -OCH3 is 1. The Bertz CT molecular complexity index is 140. The maximum Gasteiger partial charge on any atom is 0.0558 e. The van der Waals surface area contributed by atoms with Crippen LogP contribution in [0.2, 0.25) is 0 Å². The summed E-state index contributed by atoms with van der Waals surface area (Å²) in [5.41, 5.74) is 0.134. The third-order valence-electron chi connectivity index (χ3n) is 2.90. The van der Waals surface area contributed by atoms with E-state index in [2.05, 4.69) is 5.32 Å². The Morgan fingerprint density at radius 1 is 1.67 bits per heavy atom. The maximum absolute atomic E-state index is 9.41. The summed E-state index contributed by atoms with van der Waals surface area (Å²) < 4.78 is 5.04. The number of hydrogen-bond acceptors (Lipinski definition) is 3. The molecule has 0 aliphatic heterocycles. The van der Waals surface area contributed by atoms with Crippen LogP contribution in [0.4, 0.5) is 0 Å². The van der Waals surface area contributed by atoms with E-state index in [1.54, 1.807) is 7.11 Å². The molecule has 0 aromatic rings. The van der Waals surface area contributed by atoms with E-state index >= 15 is 0 Å². The van der Waals surface area contributed by atoms with Crippen LogP contribution in [0.5, 0.6) is 0 Å². The van der Waals surface area contributed by atoms with Crippen molar-refractivity contribution in [3.8, 4) is 0 Å². The molecule has 0 spiro atoms. The van der Waals surface area contributed by atoms with Crippen molar-refractivity contribution in [3.63, 3.8) is 0 Å². The Labute approximate surface area is 74.1 Å². The van der Waals surface area contributed by atoms with Gasteiger partial charge in [0.2, 0.25) is 0 Å². The van der Waals surface area contributed by atoms with Gasteiger partial charge in [-0.1, -0.05) is 0 Å². The first kappa shape index (κ1) is 9.96. The summed E-state index contributed by atoms with van der Waals surface area (Å²) in [6.45, 7) is 0.771. The first-order valence-corrected chi connectivity index (χ1v) is 4.58. The predicted molar refractivity (Wildman–Crippen MR) is 48.1 cm³/mol. The molecule has 72 valence electrons. The van der Waals surface area contributed by atoms with Gasteiger partial charge in [0.25, 0.3) is 0 Å². The molecule has 2 N–H and O–H groups in total. The second-order valence-electron chi connectivity index (χ2n) is 3.67. The monoisotopic (exact) mass is 173 g/mol. The van der Waals surface area contributed by atoms with Gasteiger partial charge in [0.05, 0.1) is 6.10 Å². The van der Waals surface area contributed by atoms with E-state index in [9.17, 15) is 5.11 Å². The molecule has 1 fully saturated rings. The molecule has 12 heavy (non-hydrogen) atoms. The highest BCUT2D eigenvalue weighted by Gasteiger charge is 2.36. The van der Waals surface area contributed by atoms with Gasteiger partial charge in [-0.15, -0.1) is 0 Å². The number of rotatable bonds is 4. The van der Waals surface area contributed by atoms with Crippen LogP contribution in [0, 0.1) is 0 Å². The molecule has 0 radical (unpaired) electrons. The maximum atomic E-state index is 9.41. The van der Waals surface area contributed by atoms with Gasteiger partial charge in [-0.25, -0.2) is 0 Å². The SMILES string of the molecule is CNC1(CCOC)CCC(O)C1. The molecule has 1 saturated carbocycles. The predicted octanol–water partition coefficient (Wildman–Crippen LogP) is 0.526. The van der Waals surface area contributed by atoms with Gasteiger partial charge >= 0.3 is 0 Å². The van der Waals surface area contributed by atoms with E-state index in [0.29, 0.717) is 0 Å². The second kappa shape index (κ2) is 4.21. The Morgan fingerprint density at radius 2 is 2.42 bits per heavy atom. The van der Waals surface area contributed by atoms with Crippen LogP contribution in [0.1, 0.15) is 25.7 Å². The van der Waals surface area contributed by atoms with Crippen molar-refractivity contribution in [2.45, 2.75) is 37.3 Å². The zero-order valence-electron chi connectivity index (χ0n) is 7.97. The fourth-order valence-corrected chi connectivity index (χ4v) is 1.97. The molecule has 0 aromatic heterocycles. The minimum absolute atomic E-state index is 0.116. The van der Waals surface area contributed by atoms with E-state index < -0.39 is 0 Å². The molecule has 2 atom stereocenters. The zero-order valence-corrected chi connectivity index (χ0v) is 7.97. The highest BCUT2D eigenvalue weighted by molar-refractivity contribution is 4.95. The van der Waals surface area contributed by atoms with Crippen LogP contribution >= 0.6 is 0 Å². The fraction of sp³-hybridized carbons (Fsp3) is 1.00. The van der Waals surface area contributed by atoms with Crippen LogP contribution in [-0.4, -0.2) is 37.5 Å². The molecule has 2 unspecified atom stereocenters. The molecular weight excluding hydrogens is 154 g/mol. The van der Waals surface area contributed by atoms with Crippen LogP contribution in [0.15, 0.2) is 0 Å². The Kier molecular flexibility index (Phi) is 3.50. The molecular formula is C9H19NO2. The summed E-state index contributed by atoms with van der Waals surface area (Å²) in [4.78, 5) is 0. The molecule has 0 amide bonds. The molecule has 1 aliphatic carbocycles. The van der Waals surface area contributed by atoms with E-state index in [1.165, 1.54) is 0 Å². The first-order valence-electron chi connectivity index (χ1n) is 4.58. The van der Waals surface area contributed by atoms with Crippen molar-refractivity contribution in [3.05, 3.63) is 0 Å². The van der Waals surface area contributed by atoms with Gasteiger partial charge in [-0.05, 0) is 32.7 Å². The minimum Gasteiger partial charge on any atom is -0.393 e. The number of hydrogen-bond donors (Lipinski definition) is 2. The first-order chi connectivity index (χ1) is 5.72. The third kappa shape index (κ3) is 2.19. The van der Waals surface area contributed by atoms with Crippen molar-refractivity contribution >= 4 is 0 Å². The lowest BCUT2D eigenvalue weighted by atomic mass is 9.94. The summed E-state index contributed by atoms with van der Waals surface area (Å²) >= 11 is 0. The Hall–Kier alpha value is -0.120. The molecule has 3 nitrogen and oxygen atoms in total. The molecule has 0 bridgehead atoms. The van der Waals surface area contributed by atoms with Crippen LogP contribution < -0.4 is 5.32 Å². The number of ether oxygens (including phenoxy) is 1. The molecule has 1 rings (SSSR count). The van der Waals surface area contributed by atoms with Gasteiger partial charge < -0.3 is 15.2 Å². The normalized spacial score (nSPS) is 35.8. The standard InChI is InChI=1S/C9H19NO2/c1-10-9(5-6-12-2)4-3-8(11)7-9/h8,10-11H,3-7H2,1-2H3. The van der Waals surface area contributed by atoms with Crippen molar-refractivity contribution in [1.82, 2.24) is 5.32 Å². The largest absolute Gasteiger partial charge is 0.393 e. The van der Waals surface area contributed by atoms with E-state index in [4.69, 9.17) is 4.74 Å². The van der Waals surface area contributed by atoms with Gasteiger partial charge in [-0.2, -0.15) is 0 Å². The topological polar surface area (TPSA) is 41.5 Å². The highest BCUT2D eigenvalue weighted by Crippen LogP contribution is 2.32. The summed E-state index contributed by atoms with van der Waals surface area (Å²) in [5, 5.41) is 12.7. The van der Waals surface area contributed by atoms with Crippen LogP contribution in [0.3, 0.4) is 0 Å². The third-order valence-corrected chi connectivity index (χ3v) is 2.90. The van der Waals surface area contributed by atoms with Gasteiger partial charge in [0, 0.05) is 19.3 Å². The van der Waals surface area contributed by atoms with Gasteiger partial charge in [0.1, 0.15) is 0 Å². The van der Waals surface area contributed by atoms with Crippen molar-refractivity contribution in [1.29, 1.82) is 0 Å². The van der Waals surface area contributed by atoms with Gasteiger partial charge in [0.15, 0.2) is 0 Å². The summed E-state index contributed by atoms with van der Waals surface area (Å²) in [6, 6.07) is 0. The van der Waals surface area contributed by atoms with E-state index in [-0.39, 0.29) is 11.6 Å². The fourth-order valence-electron chi connectivity index (χ4n) is 1.97. The van der Waals surface area contributed by atoms with Crippen molar-refractivity contribution in [2.75, 3.05) is 20.8 Å². The number of aliphatic hydroxyl groups excluding tert-OH is 1.